The Kier molecular flexibility index (Phi) is 5.80. The zero-order chi connectivity index (χ0) is 14.4. The maximum Gasteiger partial charge on any atom is 0.357 e. The molecule has 1 heterocycles. The molecule has 0 aliphatic heterocycles. The lowest BCUT2D eigenvalue weighted by atomic mass is 10.0. The molecule has 0 bridgehead atoms. The second-order valence-electron chi connectivity index (χ2n) is 5.47. The summed E-state index contributed by atoms with van der Waals surface area (Å²) in [6, 6.07) is 1.65. The van der Waals surface area contributed by atoms with Crippen LogP contribution in [0.5, 0.6) is 5.75 Å². The first-order chi connectivity index (χ1) is 8.93. The number of hydrogen-bond acceptors (Lipinski definition) is 4. The van der Waals surface area contributed by atoms with Gasteiger partial charge in [0.1, 0.15) is 5.75 Å². The number of carbonyl (C=O) groups excluding carboxylic acids is 1. The highest BCUT2D eigenvalue weighted by molar-refractivity contribution is 5.87. The Morgan fingerprint density at radius 3 is 2.47 bits per heavy atom. The van der Waals surface area contributed by atoms with Crippen molar-refractivity contribution >= 4 is 5.97 Å². The molecule has 0 saturated heterocycles. The summed E-state index contributed by atoms with van der Waals surface area (Å²) in [5, 5.41) is 0. The Labute approximate surface area is 115 Å². The van der Waals surface area contributed by atoms with Gasteiger partial charge in [0.15, 0.2) is 5.69 Å². The van der Waals surface area contributed by atoms with E-state index >= 15 is 0 Å². The van der Waals surface area contributed by atoms with E-state index in [-0.39, 0.29) is 0 Å². The molecule has 106 valence electrons. The summed E-state index contributed by atoms with van der Waals surface area (Å²) in [6.45, 7) is 8.64. The SMILES string of the molecule is COc1cc(C(=O)OCC(C)C)ncc1CC(C)C. The Morgan fingerprint density at radius 2 is 1.95 bits per heavy atom. The maximum atomic E-state index is 11.8. The Morgan fingerprint density at radius 1 is 1.26 bits per heavy atom. The molecule has 0 amide bonds. The van der Waals surface area contributed by atoms with E-state index in [1.54, 1.807) is 19.4 Å². The van der Waals surface area contributed by atoms with E-state index in [1.807, 2.05) is 13.8 Å². The molecule has 0 spiro atoms. The molecule has 0 fully saturated rings. The summed E-state index contributed by atoms with van der Waals surface area (Å²) in [5.74, 6) is 1.11. The van der Waals surface area contributed by atoms with E-state index in [2.05, 4.69) is 18.8 Å². The largest absolute Gasteiger partial charge is 0.496 e. The lowest BCUT2D eigenvalue weighted by Gasteiger charge is -2.12. The first kappa shape index (κ1) is 15.5. The van der Waals surface area contributed by atoms with Gasteiger partial charge in [0.25, 0.3) is 0 Å². The summed E-state index contributed by atoms with van der Waals surface area (Å²) in [6.07, 6.45) is 2.57. The van der Waals surface area contributed by atoms with Gasteiger partial charge in [-0.3, -0.25) is 0 Å². The number of methoxy groups -OCH3 is 1. The van der Waals surface area contributed by atoms with Crippen molar-refractivity contribution in [1.82, 2.24) is 4.98 Å². The molecule has 1 aromatic rings. The van der Waals surface area contributed by atoms with Crippen molar-refractivity contribution in [1.29, 1.82) is 0 Å². The molecule has 0 unspecified atom stereocenters. The van der Waals surface area contributed by atoms with E-state index in [0.717, 1.165) is 12.0 Å². The predicted molar refractivity (Wildman–Crippen MR) is 74.5 cm³/mol. The minimum Gasteiger partial charge on any atom is -0.496 e. The Hall–Kier alpha value is -1.58. The van der Waals surface area contributed by atoms with Crippen molar-refractivity contribution in [3.63, 3.8) is 0 Å². The molecule has 0 radical (unpaired) electrons. The standard InChI is InChI=1S/C15H23NO3/c1-10(2)6-12-8-16-13(7-14(12)18-5)15(17)19-9-11(3)4/h7-8,10-11H,6,9H2,1-5H3. The monoisotopic (exact) mass is 265 g/mol. The van der Waals surface area contributed by atoms with Gasteiger partial charge in [0.05, 0.1) is 13.7 Å². The van der Waals surface area contributed by atoms with Crippen LogP contribution in [0.1, 0.15) is 43.7 Å². The van der Waals surface area contributed by atoms with E-state index in [0.29, 0.717) is 29.9 Å². The van der Waals surface area contributed by atoms with Crippen LogP contribution in [0.4, 0.5) is 0 Å². The molecular formula is C15H23NO3. The molecular weight excluding hydrogens is 242 g/mol. The second-order valence-corrected chi connectivity index (χ2v) is 5.47. The second kappa shape index (κ2) is 7.12. The number of carbonyl (C=O) groups is 1. The Bertz CT molecular complexity index is 427. The molecule has 4 heteroatoms. The molecule has 0 atom stereocenters. The van der Waals surface area contributed by atoms with Crippen LogP contribution in [-0.2, 0) is 11.2 Å². The summed E-state index contributed by atoms with van der Waals surface area (Å²) in [5.41, 5.74) is 1.31. The average Bonchev–Trinajstić information content (AvgIpc) is 2.35. The maximum absolute atomic E-state index is 11.8. The highest BCUT2D eigenvalue weighted by Crippen LogP contribution is 2.21. The lowest BCUT2D eigenvalue weighted by molar-refractivity contribution is 0.0451. The van der Waals surface area contributed by atoms with E-state index in [1.165, 1.54) is 0 Å². The third-order valence-corrected chi connectivity index (χ3v) is 2.55. The van der Waals surface area contributed by atoms with Crippen LogP contribution in [0.2, 0.25) is 0 Å². The van der Waals surface area contributed by atoms with Gasteiger partial charge >= 0.3 is 5.97 Å². The Balaban J connectivity index is 2.84. The predicted octanol–water partition coefficient (Wildman–Crippen LogP) is 3.10. The van der Waals surface area contributed by atoms with Crippen LogP contribution < -0.4 is 4.74 Å². The lowest BCUT2D eigenvalue weighted by Crippen LogP contribution is -2.12. The summed E-state index contributed by atoms with van der Waals surface area (Å²) >= 11 is 0. The van der Waals surface area contributed by atoms with Crippen molar-refractivity contribution in [3.8, 4) is 5.75 Å². The van der Waals surface area contributed by atoms with Crippen LogP contribution in [0.3, 0.4) is 0 Å². The van der Waals surface area contributed by atoms with Crippen LogP contribution >= 0.6 is 0 Å². The summed E-state index contributed by atoms with van der Waals surface area (Å²) in [7, 11) is 1.60. The van der Waals surface area contributed by atoms with Crippen LogP contribution in [0.15, 0.2) is 12.3 Å². The third-order valence-electron chi connectivity index (χ3n) is 2.55. The highest BCUT2D eigenvalue weighted by atomic mass is 16.5. The molecule has 1 rings (SSSR count). The van der Waals surface area contributed by atoms with E-state index < -0.39 is 5.97 Å². The minimum atomic E-state index is -0.400. The zero-order valence-electron chi connectivity index (χ0n) is 12.4. The molecule has 0 aliphatic rings. The van der Waals surface area contributed by atoms with Gasteiger partial charge in [0.2, 0.25) is 0 Å². The number of pyridine rings is 1. The van der Waals surface area contributed by atoms with Gasteiger partial charge in [-0.05, 0) is 18.3 Å². The topological polar surface area (TPSA) is 48.4 Å². The number of aromatic nitrogens is 1. The number of hydrogen-bond donors (Lipinski definition) is 0. The third kappa shape index (κ3) is 4.89. The van der Waals surface area contributed by atoms with Gasteiger partial charge in [-0.2, -0.15) is 0 Å². The van der Waals surface area contributed by atoms with Gasteiger partial charge in [-0.25, -0.2) is 9.78 Å². The van der Waals surface area contributed by atoms with E-state index in [4.69, 9.17) is 9.47 Å². The molecule has 4 nitrogen and oxygen atoms in total. The molecule has 1 aromatic heterocycles. The van der Waals surface area contributed by atoms with Crippen molar-refractivity contribution < 1.29 is 14.3 Å². The van der Waals surface area contributed by atoms with Crippen molar-refractivity contribution in [3.05, 3.63) is 23.5 Å². The minimum absolute atomic E-state index is 0.296. The van der Waals surface area contributed by atoms with Gasteiger partial charge in [0, 0.05) is 17.8 Å². The average molecular weight is 265 g/mol. The van der Waals surface area contributed by atoms with Gasteiger partial charge < -0.3 is 9.47 Å². The van der Waals surface area contributed by atoms with Crippen molar-refractivity contribution in [2.24, 2.45) is 11.8 Å². The summed E-state index contributed by atoms with van der Waals surface area (Å²) < 4.78 is 10.5. The number of nitrogens with zero attached hydrogens (tertiary/aromatic N) is 1. The molecule has 0 aliphatic carbocycles. The molecule has 0 N–H and O–H groups in total. The number of ether oxygens (including phenoxy) is 2. The molecule has 0 aromatic carbocycles. The molecule has 19 heavy (non-hydrogen) atoms. The van der Waals surface area contributed by atoms with Crippen LogP contribution in [0, 0.1) is 11.8 Å². The number of rotatable bonds is 6. The van der Waals surface area contributed by atoms with E-state index in [9.17, 15) is 4.79 Å². The fraction of sp³-hybridized carbons (Fsp3) is 0.600. The zero-order valence-corrected chi connectivity index (χ0v) is 12.4. The summed E-state index contributed by atoms with van der Waals surface area (Å²) in [4.78, 5) is 16.0. The van der Waals surface area contributed by atoms with Crippen LogP contribution in [0.25, 0.3) is 0 Å². The fourth-order valence-electron chi connectivity index (χ4n) is 1.68. The van der Waals surface area contributed by atoms with Gasteiger partial charge in [-0.1, -0.05) is 27.7 Å². The first-order valence-electron chi connectivity index (χ1n) is 6.64. The van der Waals surface area contributed by atoms with Crippen molar-refractivity contribution in [2.75, 3.05) is 13.7 Å². The quantitative estimate of drug-likeness (QED) is 0.742. The van der Waals surface area contributed by atoms with Gasteiger partial charge in [-0.15, -0.1) is 0 Å². The fourth-order valence-corrected chi connectivity index (χ4v) is 1.68. The highest BCUT2D eigenvalue weighted by Gasteiger charge is 2.14. The smallest absolute Gasteiger partial charge is 0.357 e. The first-order valence-corrected chi connectivity index (χ1v) is 6.64. The molecule has 0 saturated carbocycles. The van der Waals surface area contributed by atoms with Crippen molar-refractivity contribution in [2.45, 2.75) is 34.1 Å². The normalized spacial score (nSPS) is 10.9. The van der Waals surface area contributed by atoms with Crippen LogP contribution in [-0.4, -0.2) is 24.7 Å². The number of esters is 1.